The zero-order valence-electron chi connectivity index (χ0n) is 15.9. The number of carbonyl (C=O) groups excluding carboxylic acids is 2. The Labute approximate surface area is 170 Å². The van der Waals surface area contributed by atoms with E-state index in [1.165, 1.54) is 62.8 Å². The van der Waals surface area contributed by atoms with Crippen LogP contribution >= 0.6 is 0 Å². The lowest BCUT2D eigenvalue weighted by molar-refractivity contribution is -0.166. The summed E-state index contributed by atoms with van der Waals surface area (Å²) in [5.74, 6) is -4.94. The summed E-state index contributed by atoms with van der Waals surface area (Å²) < 4.78 is 19.5. The number of hydrogen-bond acceptors (Lipinski definition) is 8. The topological polar surface area (TPSA) is 146 Å². The molecule has 0 aliphatic rings. The third-order valence-electron chi connectivity index (χ3n) is 3.88. The molecule has 0 unspecified atom stereocenters. The molecule has 0 spiro atoms. The van der Waals surface area contributed by atoms with Crippen molar-refractivity contribution in [1.29, 1.82) is 0 Å². The molecule has 2 atom stereocenters. The monoisotopic (exact) mass is 418 g/mol. The molecule has 0 aromatic heterocycles. The van der Waals surface area contributed by atoms with Crippen LogP contribution in [0.3, 0.4) is 0 Å². The Morgan fingerprint density at radius 3 is 1.17 bits per heavy atom. The summed E-state index contributed by atoms with van der Waals surface area (Å²) in [6.45, 7) is 0. The van der Waals surface area contributed by atoms with E-state index >= 15 is 0 Å². The SMILES string of the molecule is COc1ccc(C(=O)O[C@@H](C(=O)O)[C@@H](OC(=O)c2ccc(OC)cc2)C(=O)O)cc1. The van der Waals surface area contributed by atoms with Crippen LogP contribution in [0.15, 0.2) is 48.5 Å². The van der Waals surface area contributed by atoms with Crippen LogP contribution in [0.5, 0.6) is 11.5 Å². The van der Waals surface area contributed by atoms with E-state index in [0.717, 1.165) is 0 Å². The van der Waals surface area contributed by atoms with E-state index in [4.69, 9.17) is 18.9 Å². The minimum atomic E-state index is -2.28. The second kappa shape index (κ2) is 9.92. The molecule has 0 heterocycles. The molecule has 0 saturated heterocycles. The van der Waals surface area contributed by atoms with Crippen LogP contribution < -0.4 is 9.47 Å². The molecular formula is C20H18O10. The van der Waals surface area contributed by atoms with Gasteiger partial charge in [0.2, 0.25) is 12.2 Å². The standard InChI is InChI=1S/C20H18O10/c1-27-13-7-3-11(4-8-13)19(25)29-15(17(21)22)16(18(23)24)30-20(26)12-5-9-14(28-2)10-6-12/h3-10,15-16H,1-2H3,(H,21,22)(H,23,24)/t15-,16-/m1/s1. The van der Waals surface area contributed by atoms with Gasteiger partial charge in [-0.05, 0) is 48.5 Å². The Balaban J connectivity index is 2.19. The van der Waals surface area contributed by atoms with Gasteiger partial charge in [0.05, 0.1) is 25.3 Å². The summed E-state index contributed by atoms with van der Waals surface area (Å²) in [6, 6.07) is 11.0. The number of carbonyl (C=O) groups is 4. The number of benzene rings is 2. The summed E-state index contributed by atoms with van der Waals surface area (Å²) in [4.78, 5) is 47.6. The summed E-state index contributed by atoms with van der Waals surface area (Å²) in [5, 5.41) is 18.7. The third kappa shape index (κ3) is 5.47. The maximum absolute atomic E-state index is 12.2. The summed E-state index contributed by atoms with van der Waals surface area (Å²) in [5.41, 5.74) is -0.0969. The van der Waals surface area contributed by atoms with Crippen LogP contribution in [0.2, 0.25) is 0 Å². The maximum Gasteiger partial charge on any atom is 0.349 e. The van der Waals surface area contributed by atoms with Crippen molar-refractivity contribution < 1.29 is 48.3 Å². The van der Waals surface area contributed by atoms with Gasteiger partial charge in [-0.2, -0.15) is 0 Å². The van der Waals surface area contributed by atoms with Crippen molar-refractivity contribution in [3.05, 3.63) is 59.7 Å². The number of hydrogen-bond donors (Lipinski definition) is 2. The van der Waals surface area contributed by atoms with E-state index in [2.05, 4.69) is 0 Å². The first-order chi connectivity index (χ1) is 14.3. The van der Waals surface area contributed by atoms with Gasteiger partial charge in [-0.3, -0.25) is 0 Å². The van der Waals surface area contributed by atoms with Gasteiger partial charge in [-0.1, -0.05) is 0 Å². The first-order valence-corrected chi connectivity index (χ1v) is 8.42. The molecule has 0 bridgehead atoms. The number of carboxylic acids is 2. The highest BCUT2D eigenvalue weighted by Crippen LogP contribution is 2.17. The second-order valence-corrected chi connectivity index (χ2v) is 5.79. The molecule has 2 rings (SSSR count). The summed E-state index contributed by atoms with van der Waals surface area (Å²) in [6.07, 6.45) is -4.56. The van der Waals surface area contributed by atoms with Crippen molar-refractivity contribution in [2.24, 2.45) is 0 Å². The first-order valence-electron chi connectivity index (χ1n) is 8.42. The van der Waals surface area contributed by atoms with Crippen molar-refractivity contribution in [3.8, 4) is 11.5 Å². The Hall–Kier alpha value is -4.08. The molecule has 10 nitrogen and oxygen atoms in total. The minimum absolute atomic E-state index is 0.0485. The van der Waals surface area contributed by atoms with Gasteiger partial charge in [0.25, 0.3) is 0 Å². The molecule has 2 N–H and O–H groups in total. The van der Waals surface area contributed by atoms with Gasteiger partial charge in [0.15, 0.2) is 0 Å². The van der Waals surface area contributed by atoms with Crippen LogP contribution in [0.4, 0.5) is 0 Å². The molecule has 0 aliphatic carbocycles. The molecule has 158 valence electrons. The maximum atomic E-state index is 12.2. The summed E-state index contributed by atoms with van der Waals surface area (Å²) in [7, 11) is 2.84. The Kier molecular flexibility index (Phi) is 7.34. The molecule has 0 aliphatic heterocycles. The predicted molar refractivity (Wildman–Crippen MR) is 99.7 cm³/mol. The number of esters is 2. The van der Waals surface area contributed by atoms with Gasteiger partial charge < -0.3 is 29.2 Å². The van der Waals surface area contributed by atoms with Crippen molar-refractivity contribution >= 4 is 23.9 Å². The highest BCUT2D eigenvalue weighted by atomic mass is 16.6. The lowest BCUT2D eigenvalue weighted by atomic mass is 10.1. The lowest BCUT2D eigenvalue weighted by Crippen LogP contribution is -2.45. The van der Waals surface area contributed by atoms with Gasteiger partial charge in [-0.25, -0.2) is 19.2 Å². The Bertz CT molecular complexity index is 840. The minimum Gasteiger partial charge on any atom is -0.497 e. The van der Waals surface area contributed by atoms with E-state index in [1.807, 2.05) is 0 Å². The highest BCUT2D eigenvalue weighted by molar-refractivity contribution is 5.95. The number of methoxy groups -OCH3 is 2. The van der Waals surface area contributed by atoms with Crippen LogP contribution in [-0.4, -0.2) is 60.5 Å². The normalized spacial score (nSPS) is 12.2. The highest BCUT2D eigenvalue weighted by Gasteiger charge is 2.41. The largest absolute Gasteiger partial charge is 0.497 e. The van der Waals surface area contributed by atoms with Crippen molar-refractivity contribution in [2.75, 3.05) is 14.2 Å². The van der Waals surface area contributed by atoms with Gasteiger partial charge >= 0.3 is 23.9 Å². The molecule has 2 aromatic rings. The molecule has 0 radical (unpaired) electrons. The molecule has 0 saturated carbocycles. The molecule has 0 fully saturated rings. The molecule has 0 amide bonds. The first kappa shape index (κ1) is 22.2. The predicted octanol–water partition coefficient (Wildman–Crippen LogP) is 1.62. The zero-order valence-corrected chi connectivity index (χ0v) is 15.9. The zero-order chi connectivity index (χ0) is 22.3. The number of ether oxygens (including phenoxy) is 4. The van der Waals surface area contributed by atoms with Gasteiger partial charge in [0, 0.05) is 0 Å². The van der Waals surface area contributed by atoms with Crippen LogP contribution in [0.25, 0.3) is 0 Å². The molecule has 2 aromatic carbocycles. The smallest absolute Gasteiger partial charge is 0.349 e. The Morgan fingerprint density at radius 2 is 0.933 bits per heavy atom. The fourth-order valence-corrected chi connectivity index (χ4v) is 2.30. The van der Waals surface area contributed by atoms with E-state index in [0.29, 0.717) is 11.5 Å². The van der Waals surface area contributed by atoms with E-state index in [9.17, 15) is 29.4 Å². The van der Waals surface area contributed by atoms with Crippen molar-refractivity contribution in [2.45, 2.75) is 12.2 Å². The lowest BCUT2D eigenvalue weighted by Gasteiger charge is -2.21. The Morgan fingerprint density at radius 1 is 0.633 bits per heavy atom. The quantitative estimate of drug-likeness (QED) is 0.576. The third-order valence-corrected chi connectivity index (χ3v) is 3.88. The fourth-order valence-electron chi connectivity index (χ4n) is 2.30. The van der Waals surface area contributed by atoms with Crippen LogP contribution in [-0.2, 0) is 19.1 Å². The van der Waals surface area contributed by atoms with Crippen LogP contribution in [0, 0.1) is 0 Å². The van der Waals surface area contributed by atoms with E-state index in [-0.39, 0.29) is 11.1 Å². The molecule has 10 heteroatoms. The number of rotatable bonds is 9. The molecular weight excluding hydrogens is 400 g/mol. The van der Waals surface area contributed by atoms with Crippen molar-refractivity contribution in [1.82, 2.24) is 0 Å². The van der Waals surface area contributed by atoms with Gasteiger partial charge in [0.1, 0.15) is 11.5 Å². The summed E-state index contributed by atoms with van der Waals surface area (Å²) >= 11 is 0. The van der Waals surface area contributed by atoms with Gasteiger partial charge in [-0.15, -0.1) is 0 Å². The fraction of sp³-hybridized carbons (Fsp3) is 0.200. The second-order valence-electron chi connectivity index (χ2n) is 5.79. The van der Waals surface area contributed by atoms with Crippen LogP contribution in [0.1, 0.15) is 20.7 Å². The average molecular weight is 418 g/mol. The number of aliphatic carboxylic acids is 2. The number of carboxylic acid groups (broad SMARTS) is 2. The van der Waals surface area contributed by atoms with E-state index < -0.39 is 36.1 Å². The van der Waals surface area contributed by atoms with Crippen molar-refractivity contribution in [3.63, 3.8) is 0 Å². The van der Waals surface area contributed by atoms with E-state index in [1.54, 1.807) is 0 Å². The molecule has 30 heavy (non-hydrogen) atoms. The average Bonchev–Trinajstić information content (AvgIpc) is 2.75.